The number of fused-ring (bicyclic) bond motifs is 1. The Balaban J connectivity index is 2.12. The van der Waals surface area contributed by atoms with Crippen molar-refractivity contribution in [2.45, 2.75) is 65.1 Å². The third-order valence-electron chi connectivity index (χ3n) is 3.60. The Bertz CT molecular complexity index is 333. The topological polar surface area (TPSA) is 31.9 Å². The molecule has 0 aromatic carbocycles. The molecule has 90 valence electrons. The molecule has 0 saturated heterocycles. The zero-order valence-electron chi connectivity index (χ0n) is 10.8. The highest BCUT2D eigenvalue weighted by atomic mass is 15.2. The van der Waals surface area contributed by atoms with E-state index >= 15 is 0 Å². The minimum absolute atomic E-state index is 0.624. The summed E-state index contributed by atoms with van der Waals surface area (Å²) in [5.41, 5.74) is 2.77. The van der Waals surface area contributed by atoms with Gasteiger partial charge in [0.1, 0.15) is 0 Å². The zero-order valence-corrected chi connectivity index (χ0v) is 10.8. The van der Waals surface area contributed by atoms with Crippen molar-refractivity contribution in [2.24, 2.45) is 0 Å². The fraction of sp³-hybridized carbons (Fsp3) is 0.769. The van der Waals surface area contributed by atoms with Crippen molar-refractivity contribution in [1.82, 2.24) is 15.1 Å². The highest BCUT2D eigenvalue weighted by Gasteiger charge is 2.28. The molecule has 0 aliphatic heterocycles. The molecule has 0 amide bonds. The molecule has 1 aromatic rings. The predicted molar refractivity (Wildman–Crippen MR) is 66.5 cm³/mol. The van der Waals surface area contributed by atoms with Gasteiger partial charge in [0.2, 0.25) is 0 Å². The first-order valence-electron chi connectivity index (χ1n) is 6.38. The third kappa shape index (κ3) is 2.14. The van der Waals surface area contributed by atoms with Crippen LogP contribution in [0.5, 0.6) is 0 Å². The van der Waals surface area contributed by atoms with Gasteiger partial charge < -0.3 is 0 Å². The number of nitrogens with zero attached hydrogens (tertiary/aromatic N) is 2. The molecular weight excluding hydrogens is 198 g/mol. The Hall–Kier alpha value is -0.830. The van der Waals surface area contributed by atoms with Gasteiger partial charge in [0.15, 0.2) is 0 Å². The van der Waals surface area contributed by atoms with E-state index in [4.69, 9.17) is 0 Å². The summed E-state index contributed by atoms with van der Waals surface area (Å²) in [6, 6.07) is 1.93. The number of aromatic nitrogens is 2. The van der Waals surface area contributed by atoms with Gasteiger partial charge in [-0.15, -0.1) is 0 Å². The van der Waals surface area contributed by atoms with E-state index in [1.165, 1.54) is 17.7 Å². The largest absolute Gasteiger partial charge is 0.295 e. The molecule has 0 spiro atoms. The number of aryl methyl sites for hydroxylation is 1. The van der Waals surface area contributed by atoms with E-state index in [0.717, 1.165) is 12.8 Å². The number of hydrogen-bond donors (Lipinski definition) is 1. The summed E-state index contributed by atoms with van der Waals surface area (Å²) in [6.45, 7) is 9.19. The summed E-state index contributed by atoms with van der Waals surface area (Å²) in [4.78, 5) is 2.63. The van der Waals surface area contributed by atoms with Crippen LogP contribution in [-0.2, 0) is 12.8 Å². The molecule has 1 aliphatic rings. The summed E-state index contributed by atoms with van der Waals surface area (Å²) >= 11 is 0. The molecule has 1 unspecified atom stereocenters. The van der Waals surface area contributed by atoms with Crippen molar-refractivity contribution in [3.8, 4) is 0 Å². The van der Waals surface area contributed by atoms with Crippen LogP contribution in [-0.4, -0.2) is 33.2 Å². The van der Waals surface area contributed by atoms with Crippen LogP contribution in [0.3, 0.4) is 0 Å². The van der Waals surface area contributed by atoms with E-state index in [0.29, 0.717) is 18.1 Å². The van der Waals surface area contributed by atoms with Gasteiger partial charge in [-0.3, -0.25) is 10.00 Å². The van der Waals surface area contributed by atoms with Gasteiger partial charge in [-0.1, -0.05) is 0 Å². The van der Waals surface area contributed by atoms with Crippen molar-refractivity contribution in [1.29, 1.82) is 0 Å². The van der Waals surface area contributed by atoms with Gasteiger partial charge in [0.05, 0.1) is 6.20 Å². The lowest BCUT2D eigenvalue weighted by atomic mass is 9.91. The first-order valence-corrected chi connectivity index (χ1v) is 6.38. The SMILES string of the molecule is CC(C)N(C(C)C)C1CCc2[nH]ncc2C1. The van der Waals surface area contributed by atoms with E-state index in [9.17, 15) is 0 Å². The van der Waals surface area contributed by atoms with Crippen LogP contribution in [0.15, 0.2) is 6.20 Å². The molecular formula is C13H23N3. The molecule has 3 nitrogen and oxygen atoms in total. The van der Waals surface area contributed by atoms with E-state index in [1.807, 2.05) is 6.20 Å². The highest BCUT2D eigenvalue weighted by Crippen LogP contribution is 2.25. The number of H-pyrrole nitrogens is 1. The quantitative estimate of drug-likeness (QED) is 0.850. The van der Waals surface area contributed by atoms with Crippen LogP contribution in [0.1, 0.15) is 45.4 Å². The summed E-state index contributed by atoms with van der Waals surface area (Å²) < 4.78 is 0. The van der Waals surface area contributed by atoms with Gasteiger partial charge >= 0.3 is 0 Å². The van der Waals surface area contributed by atoms with Crippen LogP contribution < -0.4 is 0 Å². The molecule has 0 fully saturated rings. The fourth-order valence-corrected chi connectivity index (χ4v) is 3.09. The molecule has 1 aliphatic carbocycles. The van der Waals surface area contributed by atoms with Crippen molar-refractivity contribution >= 4 is 0 Å². The van der Waals surface area contributed by atoms with Crippen LogP contribution in [0.4, 0.5) is 0 Å². The van der Waals surface area contributed by atoms with Gasteiger partial charge in [0, 0.05) is 23.8 Å². The van der Waals surface area contributed by atoms with Gasteiger partial charge in [-0.25, -0.2) is 0 Å². The van der Waals surface area contributed by atoms with Crippen molar-refractivity contribution in [3.05, 3.63) is 17.5 Å². The monoisotopic (exact) mass is 221 g/mol. The normalized spacial score (nSPS) is 20.8. The first-order chi connectivity index (χ1) is 7.59. The van der Waals surface area contributed by atoms with Crippen LogP contribution in [0.2, 0.25) is 0 Å². The Labute approximate surface area is 98.2 Å². The third-order valence-corrected chi connectivity index (χ3v) is 3.60. The molecule has 16 heavy (non-hydrogen) atoms. The average molecular weight is 221 g/mol. The second-order valence-corrected chi connectivity index (χ2v) is 5.41. The smallest absolute Gasteiger partial charge is 0.0522 e. The standard InChI is InChI=1S/C13H23N3/c1-9(2)16(10(3)4)12-5-6-13-11(7-12)8-14-15-13/h8-10,12H,5-7H2,1-4H3,(H,14,15). The van der Waals surface area contributed by atoms with Crippen molar-refractivity contribution in [3.63, 3.8) is 0 Å². The van der Waals surface area contributed by atoms with E-state index in [-0.39, 0.29) is 0 Å². The average Bonchev–Trinajstić information content (AvgIpc) is 2.63. The lowest BCUT2D eigenvalue weighted by Crippen LogP contribution is -2.47. The molecule has 1 N–H and O–H groups in total. The van der Waals surface area contributed by atoms with Crippen LogP contribution in [0, 0.1) is 0 Å². The number of rotatable bonds is 3. The number of hydrogen-bond acceptors (Lipinski definition) is 2. The summed E-state index contributed by atoms with van der Waals surface area (Å²) in [6.07, 6.45) is 5.56. The second kappa shape index (κ2) is 4.58. The number of aromatic amines is 1. The minimum Gasteiger partial charge on any atom is -0.295 e. The Morgan fingerprint density at radius 2 is 2.00 bits per heavy atom. The molecule has 1 heterocycles. The highest BCUT2D eigenvalue weighted by molar-refractivity contribution is 5.21. The maximum absolute atomic E-state index is 4.14. The van der Waals surface area contributed by atoms with Gasteiger partial charge in [0.25, 0.3) is 0 Å². The fourth-order valence-electron chi connectivity index (χ4n) is 3.09. The Morgan fingerprint density at radius 3 is 2.62 bits per heavy atom. The number of nitrogens with one attached hydrogen (secondary N) is 1. The van der Waals surface area contributed by atoms with Crippen molar-refractivity contribution in [2.75, 3.05) is 0 Å². The minimum atomic E-state index is 0.624. The molecule has 2 rings (SSSR count). The zero-order chi connectivity index (χ0) is 11.7. The van der Waals surface area contributed by atoms with E-state index in [2.05, 4.69) is 42.8 Å². The Morgan fingerprint density at radius 1 is 1.31 bits per heavy atom. The molecule has 1 aromatic heterocycles. The Kier molecular flexibility index (Phi) is 3.33. The van der Waals surface area contributed by atoms with Gasteiger partial charge in [-0.2, -0.15) is 5.10 Å². The maximum atomic E-state index is 4.14. The van der Waals surface area contributed by atoms with Gasteiger partial charge in [-0.05, 0) is 52.5 Å². The molecule has 3 heteroatoms. The summed E-state index contributed by atoms with van der Waals surface area (Å²) in [5.74, 6) is 0. The van der Waals surface area contributed by atoms with E-state index in [1.54, 1.807) is 0 Å². The lowest BCUT2D eigenvalue weighted by Gasteiger charge is -2.40. The van der Waals surface area contributed by atoms with Crippen LogP contribution >= 0.6 is 0 Å². The summed E-state index contributed by atoms with van der Waals surface area (Å²) in [5, 5.41) is 7.25. The first kappa shape index (κ1) is 11.6. The second-order valence-electron chi connectivity index (χ2n) is 5.41. The van der Waals surface area contributed by atoms with Crippen LogP contribution in [0.25, 0.3) is 0 Å². The predicted octanol–water partition coefficient (Wildman–Crippen LogP) is 2.39. The maximum Gasteiger partial charge on any atom is 0.0522 e. The molecule has 0 saturated carbocycles. The van der Waals surface area contributed by atoms with E-state index < -0.39 is 0 Å². The summed E-state index contributed by atoms with van der Waals surface area (Å²) in [7, 11) is 0. The lowest BCUT2D eigenvalue weighted by molar-refractivity contribution is 0.102. The molecule has 0 radical (unpaired) electrons. The molecule has 0 bridgehead atoms. The molecule has 1 atom stereocenters. The van der Waals surface area contributed by atoms with Crippen molar-refractivity contribution < 1.29 is 0 Å².